The lowest BCUT2D eigenvalue weighted by atomic mass is 10.0. The maximum absolute atomic E-state index is 14.1. The number of carbonyl (C=O) groups is 2. The summed E-state index contributed by atoms with van der Waals surface area (Å²) in [6, 6.07) is 13.7. The van der Waals surface area contributed by atoms with Crippen molar-refractivity contribution < 1.29 is 32.6 Å². The van der Waals surface area contributed by atoms with E-state index < -0.39 is 22.0 Å². The first kappa shape index (κ1) is 33.4. The number of rotatable bonds is 8. The maximum atomic E-state index is 14.1. The number of hydrogen-bond donors (Lipinski definition) is 2. The van der Waals surface area contributed by atoms with Gasteiger partial charge in [-0.1, -0.05) is 37.3 Å². The zero-order chi connectivity index (χ0) is 30.9. The van der Waals surface area contributed by atoms with Gasteiger partial charge in [-0.25, -0.2) is 8.42 Å². The Bertz CT molecular complexity index is 1290. The first-order chi connectivity index (χ1) is 19.9. The second-order valence-corrected chi connectivity index (χ2v) is 13.1. The Morgan fingerprint density at radius 1 is 1.17 bits per heavy atom. The first-order valence-corrected chi connectivity index (χ1v) is 16.4. The van der Waals surface area contributed by atoms with Crippen molar-refractivity contribution in [2.75, 3.05) is 44.3 Å². The third-order valence-electron chi connectivity index (χ3n) is 7.43. The molecule has 0 radical (unpaired) electrons. The second-order valence-electron chi connectivity index (χ2n) is 11.3. The highest BCUT2D eigenvalue weighted by Crippen LogP contribution is 2.29. The summed E-state index contributed by atoms with van der Waals surface area (Å²) in [5.74, 6) is -0.269. The van der Waals surface area contributed by atoms with Crippen LogP contribution in [0.2, 0.25) is 0 Å². The zero-order valence-corrected chi connectivity index (χ0v) is 26.1. The summed E-state index contributed by atoms with van der Waals surface area (Å²) >= 11 is 0. The van der Waals surface area contributed by atoms with Gasteiger partial charge >= 0.3 is 0 Å². The highest BCUT2D eigenvalue weighted by Gasteiger charge is 2.31. The quantitative estimate of drug-likeness (QED) is 0.473. The Kier molecular flexibility index (Phi) is 12.2. The summed E-state index contributed by atoms with van der Waals surface area (Å²) in [7, 11) is -1.81. The van der Waals surface area contributed by atoms with E-state index in [9.17, 15) is 23.1 Å². The van der Waals surface area contributed by atoms with Gasteiger partial charge in [-0.05, 0) is 56.9 Å². The lowest BCUT2D eigenvalue weighted by Crippen LogP contribution is -2.48. The van der Waals surface area contributed by atoms with Crippen molar-refractivity contribution in [3.8, 4) is 5.75 Å². The molecule has 232 valence electrons. The summed E-state index contributed by atoms with van der Waals surface area (Å²) in [6.07, 6.45) is 3.14. The van der Waals surface area contributed by atoms with E-state index >= 15 is 0 Å². The lowest BCUT2D eigenvalue weighted by molar-refractivity contribution is -0.131. The molecule has 0 aliphatic carbocycles. The van der Waals surface area contributed by atoms with Crippen molar-refractivity contribution >= 4 is 27.5 Å². The number of sulfonamides is 1. The molecule has 2 aromatic carbocycles. The number of carbonyl (C=O) groups excluding carboxylic acids is 2. The molecule has 0 fully saturated rings. The van der Waals surface area contributed by atoms with E-state index in [0.29, 0.717) is 18.9 Å². The fraction of sp³-hybridized carbons (Fsp3) is 0.548. The van der Waals surface area contributed by atoms with Crippen LogP contribution in [-0.4, -0.2) is 93.0 Å². The summed E-state index contributed by atoms with van der Waals surface area (Å²) in [5, 5.41) is 10.1. The van der Waals surface area contributed by atoms with Crippen LogP contribution in [0, 0.1) is 5.92 Å². The highest BCUT2D eigenvalue weighted by atomic mass is 32.2. The Labute approximate surface area is 250 Å². The number of aliphatic hydroxyl groups is 1. The predicted molar refractivity (Wildman–Crippen MR) is 163 cm³/mol. The van der Waals surface area contributed by atoms with Gasteiger partial charge in [0.1, 0.15) is 5.75 Å². The molecule has 0 saturated carbocycles. The number of benzene rings is 2. The number of hydrogen-bond acceptors (Lipinski definition) is 7. The third-order valence-corrected chi connectivity index (χ3v) is 8.04. The van der Waals surface area contributed by atoms with E-state index in [4.69, 9.17) is 9.47 Å². The molecule has 0 spiro atoms. The fourth-order valence-corrected chi connectivity index (χ4v) is 5.50. The van der Waals surface area contributed by atoms with Crippen LogP contribution in [0.1, 0.15) is 56.0 Å². The van der Waals surface area contributed by atoms with Crippen molar-refractivity contribution in [3.05, 3.63) is 59.7 Å². The van der Waals surface area contributed by atoms with E-state index in [1.165, 1.54) is 6.07 Å². The third kappa shape index (κ3) is 9.99. The summed E-state index contributed by atoms with van der Waals surface area (Å²) < 4.78 is 38.7. The molecule has 0 unspecified atom stereocenters. The summed E-state index contributed by atoms with van der Waals surface area (Å²) in [6.45, 7) is 6.47. The molecule has 42 heavy (non-hydrogen) atoms. The highest BCUT2D eigenvalue weighted by molar-refractivity contribution is 7.92. The number of fused-ring (bicyclic) bond motifs is 1. The maximum Gasteiger partial charge on any atom is 0.258 e. The minimum absolute atomic E-state index is 0.0288. The molecule has 2 aromatic rings. The van der Waals surface area contributed by atoms with Gasteiger partial charge in [-0.3, -0.25) is 14.3 Å². The van der Waals surface area contributed by atoms with Crippen molar-refractivity contribution in [1.29, 1.82) is 0 Å². The first-order valence-electron chi connectivity index (χ1n) is 14.5. The van der Waals surface area contributed by atoms with Gasteiger partial charge in [0, 0.05) is 38.3 Å². The Morgan fingerprint density at radius 2 is 1.88 bits per heavy atom. The molecule has 0 saturated heterocycles. The van der Waals surface area contributed by atoms with Gasteiger partial charge in [0.05, 0.1) is 43.1 Å². The molecule has 1 heterocycles. The monoisotopic (exact) mass is 603 g/mol. The Hall–Kier alpha value is -3.15. The van der Waals surface area contributed by atoms with E-state index in [1.807, 2.05) is 44.2 Å². The van der Waals surface area contributed by atoms with Crippen LogP contribution in [0.15, 0.2) is 48.5 Å². The Morgan fingerprint density at radius 3 is 2.55 bits per heavy atom. The number of aliphatic hydroxyl groups excluding tert-OH is 1. The number of ether oxygens (including phenoxy) is 2. The molecule has 2 N–H and O–H groups in total. The fourth-order valence-electron chi connectivity index (χ4n) is 4.94. The molecule has 11 heteroatoms. The largest absolute Gasteiger partial charge is 0.490 e. The standard InChI is InChI=1S/C31H45N3O7S/c1-22-19-34(23(2)21-35)31(37)27-18-26(32-42(5,38)39)14-15-28(27)41-24(3)11-9-10-16-40-29(22)20-33(4)30(36)17-25-12-7-6-8-13-25/h6-8,12-15,18,22-24,29,32,35H,9-11,16-17,19-21H2,1-5H3/t22-,23-,24+,29-/m0/s1. The SMILES string of the molecule is C[C@@H]1CCCCO[C@@H](CN(C)C(=O)Cc2ccccc2)[C@@H](C)CN([C@@H](C)CO)C(=O)c2cc(NS(C)(=O)=O)ccc2O1. The van der Waals surface area contributed by atoms with Crippen LogP contribution in [0.5, 0.6) is 5.75 Å². The minimum Gasteiger partial charge on any atom is -0.490 e. The number of nitrogens with zero attached hydrogens (tertiary/aromatic N) is 2. The molecule has 2 amide bonds. The molecular formula is C31H45N3O7S. The van der Waals surface area contributed by atoms with Crippen LogP contribution in [-0.2, 0) is 26.0 Å². The molecule has 3 rings (SSSR count). The predicted octanol–water partition coefficient (Wildman–Crippen LogP) is 3.55. The number of likely N-dealkylation sites (N-methyl/N-ethyl adjacent to an activating group) is 1. The van der Waals surface area contributed by atoms with Crippen molar-refractivity contribution in [3.63, 3.8) is 0 Å². The summed E-state index contributed by atoms with van der Waals surface area (Å²) in [4.78, 5) is 30.3. The molecule has 1 aliphatic rings. The van der Waals surface area contributed by atoms with Crippen molar-refractivity contribution in [2.45, 2.75) is 64.7 Å². The normalized spacial score (nSPS) is 21.4. The molecule has 1 aliphatic heterocycles. The van der Waals surface area contributed by atoms with Crippen LogP contribution in [0.3, 0.4) is 0 Å². The molecule has 0 bridgehead atoms. The van der Waals surface area contributed by atoms with Gasteiger partial charge in [0.25, 0.3) is 5.91 Å². The van der Waals surface area contributed by atoms with Crippen LogP contribution < -0.4 is 9.46 Å². The number of nitrogens with one attached hydrogen (secondary N) is 1. The van der Waals surface area contributed by atoms with Crippen LogP contribution in [0.25, 0.3) is 0 Å². The van der Waals surface area contributed by atoms with Crippen molar-refractivity contribution in [1.82, 2.24) is 9.80 Å². The van der Waals surface area contributed by atoms with Gasteiger partial charge in [-0.2, -0.15) is 0 Å². The van der Waals surface area contributed by atoms with Gasteiger partial charge in [0.15, 0.2) is 0 Å². The number of anilines is 1. The van der Waals surface area contributed by atoms with E-state index in [0.717, 1.165) is 31.1 Å². The molecular weight excluding hydrogens is 558 g/mol. The zero-order valence-electron chi connectivity index (χ0n) is 25.3. The van der Waals surface area contributed by atoms with E-state index in [2.05, 4.69) is 4.72 Å². The van der Waals surface area contributed by atoms with Gasteiger partial charge in [0.2, 0.25) is 15.9 Å². The average Bonchev–Trinajstić information content (AvgIpc) is 2.94. The lowest BCUT2D eigenvalue weighted by Gasteiger charge is -2.36. The Balaban J connectivity index is 1.91. The smallest absolute Gasteiger partial charge is 0.258 e. The van der Waals surface area contributed by atoms with Gasteiger partial charge in [-0.15, -0.1) is 0 Å². The van der Waals surface area contributed by atoms with Crippen molar-refractivity contribution in [2.24, 2.45) is 5.92 Å². The number of amides is 2. The van der Waals surface area contributed by atoms with Crippen LogP contribution in [0.4, 0.5) is 5.69 Å². The molecule has 4 atom stereocenters. The van der Waals surface area contributed by atoms with Crippen LogP contribution >= 0.6 is 0 Å². The van der Waals surface area contributed by atoms with E-state index in [-0.39, 0.29) is 54.9 Å². The van der Waals surface area contributed by atoms with E-state index in [1.54, 1.807) is 35.9 Å². The van der Waals surface area contributed by atoms with Gasteiger partial charge < -0.3 is 24.4 Å². The molecule has 0 aromatic heterocycles. The minimum atomic E-state index is -3.57. The average molecular weight is 604 g/mol. The summed E-state index contributed by atoms with van der Waals surface area (Å²) in [5.41, 5.74) is 1.38. The second kappa shape index (κ2) is 15.4. The topological polar surface area (TPSA) is 125 Å². The molecule has 10 nitrogen and oxygen atoms in total.